The molecular weight excluding hydrogens is 401 g/mol. The van der Waals surface area contributed by atoms with E-state index in [1.54, 1.807) is 12.1 Å². The van der Waals surface area contributed by atoms with Crippen LogP contribution in [-0.2, 0) is 5.60 Å². The summed E-state index contributed by atoms with van der Waals surface area (Å²) in [4.78, 5) is 2.45. The average Bonchev–Trinajstić information content (AvgIpc) is 2.84. The molecule has 4 rings (SSSR count). The predicted octanol–water partition coefficient (Wildman–Crippen LogP) is 5.49. The van der Waals surface area contributed by atoms with E-state index in [9.17, 15) is 9.50 Å². The Hall–Kier alpha value is -2.69. The third-order valence-electron chi connectivity index (χ3n) is 6.51. The maximum atomic E-state index is 13.3. The van der Waals surface area contributed by atoms with Crippen molar-refractivity contribution in [3.8, 4) is 5.75 Å². The SMILES string of the molecule is CC(COc1cccc(F)c1)CN1CCC(C(O)(c2ccccc2)c2ccccc2)CC1. The summed E-state index contributed by atoms with van der Waals surface area (Å²) in [5.41, 5.74) is 0.934. The molecule has 0 spiro atoms. The lowest BCUT2D eigenvalue weighted by molar-refractivity contribution is -0.0164. The standard InChI is InChI=1S/C28H32FNO2/c1-22(21-32-27-14-8-13-26(29)19-27)20-30-17-15-25(16-18-30)28(31,23-9-4-2-5-10-23)24-11-6-3-7-12-24/h2-14,19,22,25,31H,15-18,20-21H2,1H3. The van der Waals surface area contributed by atoms with E-state index in [1.807, 2.05) is 60.7 Å². The minimum atomic E-state index is -0.985. The van der Waals surface area contributed by atoms with E-state index in [2.05, 4.69) is 11.8 Å². The summed E-state index contributed by atoms with van der Waals surface area (Å²) in [7, 11) is 0. The number of halogens is 1. The van der Waals surface area contributed by atoms with Gasteiger partial charge in [0.25, 0.3) is 0 Å². The van der Waals surface area contributed by atoms with Gasteiger partial charge in [0.05, 0.1) is 6.61 Å². The van der Waals surface area contributed by atoms with Crippen molar-refractivity contribution in [1.82, 2.24) is 4.90 Å². The lowest BCUT2D eigenvalue weighted by atomic mass is 9.72. The first-order valence-corrected chi connectivity index (χ1v) is 11.5. The fourth-order valence-corrected chi connectivity index (χ4v) is 4.84. The van der Waals surface area contributed by atoms with Gasteiger partial charge in [-0.3, -0.25) is 0 Å². The summed E-state index contributed by atoms with van der Waals surface area (Å²) in [5.74, 6) is 0.784. The monoisotopic (exact) mass is 433 g/mol. The first kappa shape index (κ1) is 22.5. The Bertz CT molecular complexity index is 931. The van der Waals surface area contributed by atoms with E-state index < -0.39 is 5.60 Å². The molecule has 1 aliphatic rings. The summed E-state index contributed by atoms with van der Waals surface area (Å²) in [6, 6.07) is 26.4. The highest BCUT2D eigenvalue weighted by Crippen LogP contribution is 2.41. The summed E-state index contributed by atoms with van der Waals surface area (Å²) in [6.45, 7) is 5.53. The Morgan fingerprint density at radius 2 is 1.53 bits per heavy atom. The Labute approximate surface area is 190 Å². The molecule has 0 amide bonds. The van der Waals surface area contributed by atoms with Crippen LogP contribution in [0.1, 0.15) is 30.9 Å². The van der Waals surface area contributed by atoms with Gasteiger partial charge in [0.1, 0.15) is 17.2 Å². The largest absolute Gasteiger partial charge is 0.493 e. The lowest BCUT2D eigenvalue weighted by Gasteiger charge is -2.42. The molecule has 0 aliphatic carbocycles. The molecule has 32 heavy (non-hydrogen) atoms. The lowest BCUT2D eigenvalue weighted by Crippen LogP contribution is -2.45. The van der Waals surface area contributed by atoms with E-state index in [0.717, 1.165) is 43.6 Å². The number of aliphatic hydroxyl groups is 1. The van der Waals surface area contributed by atoms with Crippen LogP contribution >= 0.6 is 0 Å². The smallest absolute Gasteiger partial charge is 0.126 e. The topological polar surface area (TPSA) is 32.7 Å². The van der Waals surface area contributed by atoms with Gasteiger partial charge in [-0.1, -0.05) is 73.7 Å². The van der Waals surface area contributed by atoms with Crippen LogP contribution in [0.25, 0.3) is 0 Å². The van der Waals surface area contributed by atoms with Crippen molar-refractivity contribution in [3.05, 3.63) is 102 Å². The van der Waals surface area contributed by atoms with Crippen LogP contribution in [-0.4, -0.2) is 36.2 Å². The van der Waals surface area contributed by atoms with Gasteiger partial charge >= 0.3 is 0 Å². The van der Waals surface area contributed by atoms with Crippen LogP contribution in [0.5, 0.6) is 5.75 Å². The zero-order valence-electron chi connectivity index (χ0n) is 18.7. The van der Waals surface area contributed by atoms with Crippen molar-refractivity contribution in [2.45, 2.75) is 25.4 Å². The fourth-order valence-electron chi connectivity index (χ4n) is 4.84. The highest BCUT2D eigenvalue weighted by Gasteiger charge is 2.41. The second-order valence-corrected chi connectivity index (χ2v) is 8.95. The molecular formula is C28H32FNO2. The van der Waals surface area contributed by atoms with Gasteiger partial charge in [0, 0.05) is 18.5 Å². The molecule has 3 nitrogen and oxygen atoms in total. The molecule has 1 N–H and O–H groups in total. The number of hydrogen-bond donors (Lipinski definition) is 1. The first-order valence-electron chi connectivity index (χ1n) is 11.5. The molecule has 1 fully saturated rings. The van der Waals surface area contributed by atoms with E-state index in [-0.39, 0.29) is 11.7 Å². The zero-order valence-corrected chi connectivity index (χ0v) is 18.7. The quantitative estimate of drug-likeness (QED) is 0.510. The number of rotatable bonds is 8. The van der Waals surface area contributed by atoms with Gasteiger partial charge in [0.15, 0.2) is 0 Å². The van der Waals surface area contributed by atoms with Crippen LogP contribution in [0.3, 0.4) is 0 Å². The summed E-state index contributed by atoms with van der Waals surface area (Å²) in [5, 5.41) is 12.0. The molecule has 1 atom stereocenters. The van der Waals surface area contributed by atoms with Crippen molar-refractivity contribution in [2.24, 2.45) is 11.8 Å². The molecule has 1 unspecified atom stereocenters. The summed E-state index contributed by atoms with van der Waals surface area (Å²) in [6.07, 6.45) is 1.86. The molecule has 1 heterocycles. The molecule has 0 radical (unpaired) electrons. The Morgan fingerprint density at radius 3 is 2.09 bits per heavy atom. The Morgan fingerprint density at radius 1 is 0.938 bits per heavy atom. The van der Waals surface area contributed by atoms with E-state index in [0.29, 0.717) is 18.3 Å². The highest BCUT2D eigenvalue weighted by molar-refractivity contribution is 5.37. The minimum absolute atomic E-state index is 0.155. The van der Waals surface area contributed by atoms with Gasteiger partial charge in [-0.15, -0.1) is 0 Å². The molecule has 3 aromatic carbocycles. The number of likely N-dealkylation sites (tertiary alicyclic amines) is 1. The predicted molar refractivity (Wildman–Crippen MR) is 126 cm³/mol. The van der Waals surface area contributed by atoms with Crippen molar-refractivity contribution in [3.63, 3.8) is 0 Å². The summed E-state index contributed by atoms with van der Waals surface area (Å²) < 4.78 is 19.1. The van der Waals surface area contributed by atoms with E-state index in [4.69, 9.17) is 4.74 Å². The number of ether oxygens (including phenoxy) is 1. The van der Waals surface area contributed by atoms with Crippen molar-refractivity contribution < 1.29 is 14.2 Å². The molecule has 0 aromatic heterocycles. The Balaban J connectivity index is 1.37. The maximum Gasteiger partial charge on any atom is 0.126 e. The first-order chi connectivity index (χ1) is 15.6. The van der Waals surface area contributed by atoms with Crippen LogP contribution in [0.15, 0.2) is 84.9 Å². The highest BCUT2D eigenvalue weighted by atomic mass is 19.1. The van der Waals surface area contributed by atoms with Crippen LogP contribution in [0.4, 0.5) is 4.39 Å². The fraction of sp³-hybridized carbons (Fsp3) is 0.357. The molecule has 0 bridgehead atoms. The second-order valence-electron chi connectivity index (χ2n) is 8.95. The molecule has 3 aromatic rings. The van der Waals surface area contributed by atoms with Gasteiger partial charge in [-0.05, 0) is 55.1 Å². The minimum Gasteiger partial charge on any atom is -0.493 e. The molecule has 1 saturated heterocycles. The molecule has 1 aliphatic heterocycles. The van der Waals surface area contributed by atoms with Crippen molar-refractivity contribution in [1.29, 1.82) is 0 Å². The van der Waals surface area contributed by atoms with Gasteiger partial charge in [0.2, 0.25) is 0 Å². The number of hydrogen-bond acceptors (Lipinski definition) is 3. The van der Waals surface area contributed by atoms with Crippen molar-refractivity contribution in [2.75, 3.05) is 26.2 Å². The number of benzene rings is 3. The second kappa shape index (κ2) is 10.3. The third kappa shape index (κ3) is 5.20. The van der Waals surface area contributed by atoms with Gasteiger partial charge < -0.3 is 14.7 Å². The summed E-state index contributed by atoms with van der Waals surface area (Å²) >= 11 is 0. The number of piperidine rings is 1. The molecule has 0 saturated carbocycles. The number of nitrogens with zero attached hydrogens (tertiary/aromatic N) is 1. The van der Waals surface area contributed by atoms with E-state index >= 15 is 0 Å². The van der Waals surface area contributed by atoms with Crippen molar-refractivity contribution >= 4 is 0 Å². The van der Waals surface area contributed by atoms with E-state index in [1.165, 1.54) is 12.1 Å². The average molecular weight is 434 g/mol. The molecule has 168 valence electrons. The third-order valence-corrected chi connectivity index (χ3v) is 6.51. The van der Waals surface area contributed by atoms with Gasteiger partial charge in [-0.25, -0.2) is 4.39 Å². The van der Waals surface area contributed by atoms with Crippen LogP contribution in [0, 0.1) is 17.7 Å². The maximum absolute atomic E-state index is 13.3. The zero-order chi connectivity index (χ0) is 22.4. The normalized spacial score (nSPS) is 16.6. The van der Waals surface area contributed by atoms with Crippen LogP contribution in [0.2, 0.25) is 0 Å². The van der Waals surface area contributed by atoms with Gasteiger partial charge in [-0.2, -0.15) is 0 Å². The molecule has 4 heteroatoms. The van der Waals surface area contributed by atoms with Crippen LogP contribution < -0.4 is 4.74 Å². The Kier molecular flexibility index (Phi) is 7.23.